The molecule has 3 nitrogen and oxygen atoms in total. The highest BCUT2D eigenvalue weighted by Crippen LogP contribution is 2.38. The fourth-order valence-electron chi connectivity index (χ4n) is 2.33. The third-order valence-corrected chi connectivity index (χ3v) is 3.99. The average molecular weight is 346 g/mol. The van der Waals surface area contributed by atoms with Gasteiger partial charge in [-0.1, -0.05) is 45.8 Å². The minimum absolute atomic E-state index is 0.309. The zero-order valence-electron chi connectivity index (χ0n) is 11.3. The summed E-state index contributed by atoms with van der Waals surface area (Å²) in [4.78, 5) is 0. The number of rotatable bonds is 2. The molecule has 0 amide bonds. The number of nitrogens with two attached hydrogens (primary N) is 1. The highest BCUT2D eigenvalue weighted by Gasteiger charge is 2.17. The monoisotopic (exact) mass is 345 g/mol. The summed E-state index contributed by atoms with van der Waals surface area (Å²) in [5, 5.41) is 6.98. The molecule has 5 heteroatoms. The first-order valence-electron chi connectivity index (χ1n) is 6.42. The third kappa shape index (κ3) is 2.56. The van der Waals surface area contributed by atoms with Crippen molar-refractivity contribution in [3.05, 3.63) is 58.3 Å². The van der Waals surface area contributed by atoms with Crippen molar-refractivity contribution >= 4 is 21.7 Å². The number of aryl methyl sites for hydroxylation is 1. The van der Waals surface area contributed by atoms with Crippen molar-refractivity contribution in [2.75, 3.05) is 5.73 Å². The SMILES string of the molecule is Cc1cccc(-c2c(N)n[nH]c2-c2cc(F)ccc2Br)c1. The number of aromatic nitrogens is 2. The maximum absolute atomic E-state index is 13.6. The second-order valence-corrected chi connectivity index (χ2v) is 5.71. The Morgan fingerprint density at radius 3 is 2.76 bits per heavy atom. The zero-order chi connectivity index (χ0) is 15.0. The van der Waals surface area contributed by atoms with Gasteiger partial charge in [0.25, 0.3) is 0 Å². The van der Waals surface area contributed by atoms with Crippen molar-refractivity contribution in [2.24, 2.45) is 0 Å². The van der Waals surface area contributed by atoms with E-state index in [-0.39, 0.29) is 5.82 Å². The van der Waals surface area contributed by atoms with Crippen LogP contribution in [0.5, 0.6) is 0 Å². The molecule has 0 aliphatic carbocycles. The maximum Gasteiger partial charge on any atom is 0.153 e. The number of halogens is 2. The Bertz CT molecular complexity index is 811. The number of hydrogen-bond acceptors (Lipinski definition) is 2. The van der Waals surface area contributed by atoms with E-state index in [2.05, 4.69) is 26.1 Å². The van der Waals surface area contributed by atoms with Crippen LogP contribution in [-0.2, 0) is 0 Å². The van der Waals surface area contributed by atoms with E-state index in [9.17, 15) is 4.39 Å². The van der Waals surface area contributed by atoms with E-state index in [4.69, 9.17) is 5.73 Å². The normalized spacial score (nSPS) is 10.8. The molecule has 0 spiro atoms. The highest BCUT2D eigenvalue weighted by molar-refractivity contribution is 9.10. The Morgan fingerprint density at radius 2 is 2.00 bits per heavy atom. The van der Waals surface area contributed by atoms with Gasteiger partial charge in [0.1, 0.15) is 5.82 Å². The summed E-state index contributed by atoms with van der Waals surface area (Å²) in [5.41, 5.74) is 10.2. The molecule has 3 N–H and O–H groups in total. The maximum atomic E-state index is 13.6. The molecule has 0 unspecified atom stereocenters. The molecular weight excluding hydrogens is 333 g/mol. The van der Waals surface area contributed by atoms with Gasteiger partial charge in [0.2, 0.25) is 0 Å². The van der Waals surface area contributed by atoms with Crippen molar-refractivity contribution in [1.82, 2.24) is 10.2 Å². The van der Waals surface area contributed by atoms with Crippen LogP contribution < -0.4 is 5.73 Å². The van der Waals surface area contributed by atoms with Gasteiger partial charge in [-0.15, -0.1) is 0 Å². The van der Waals surface area contributed by atoms with Gasteiger partial charge in [0.05, 0.1) is 11.3 Å². The Morgan fingerprint density at radius 1 is 1.19 bits per heavy atom. The van der Waals surface area contributed by atoms with Crippen LogP contribution in [0.2, 0.25) is 0 Å². The lowest BCUT2D eigenvalue weighted by Crippen LogP contribution is -1.90. The van der Waals surface area contributed by atoms with Crippen molar-refractivity contribution in [3.63, 3.8) is 0 Å². The summed E-state index contributed by atoms with van der Waals surface area (Å²) < 4.78 is 14.3. The van der Waals surface area contributed by atoms with E-state index in [0.29, 0.717) is 17.1 Å². The molecule has 0 atom stereocenters. The molecule has 2 aromatic carbocycles. The first-order chi connectivity index (χ1) is 10.1. The van der Waals surface area contributed by atoms with E-state index in [0.717, 1.165) is 21.2 Å². The summed E-state index contributed by atoms with van der Waals surface area (Å²) in [6.07, 6.45) is 0. The smallest absolute Gasteiger partial charge is 0.153 e. The number of aromatic amines is 1. The molecule has 1 aromatic heterocycles. The quantitative estimate of drug-likeness (QED) is 0.716. The van der Waals surface area contributed by atoms with Crippen LogP contribution in [0.3, 0.4) is 0 Å². The second-order valence-electron chi connectivity index (χ2n) is 4.85. The fraction of sp³-hybridized carbons (Fsp3) is 0.0625. The number of benzene rings is 2. The van der Waals surface area contributed by atoms with E-state index >= 15 is 0 Å². The molecule has 0 saturated carbocycles. The topological polar surface area (TPSA) is 54.7 Å². The highest BCUT2D eigenvalue weighted by atomic mass is 79.9. The van der Waals surface area contributed by atoms with Gasteiger partial charge >= 0.3 is 0 Å². The lowest BCUT2D eigenvalue weighted by atomic mass is 9.99. The molecule has 106 valence electrons. The van der Waals surface area contributed by atoms with E-state index < -0.39 is 0 Å². The van der Waals surface area contributed by atoms with Crippen molar-refractivity contribution in [2.45, 2.75) is 6.92 Å². The first kappa shape index (κ1) is 13.8. The Labute approximate surface area is 130 Å². The van der Waals surface area contributed by atoms with Crippen LogP contribution in [0.4, 0.5) is 10.2 Å². The number of H-pyrrole nitrogens is 1. The van der Waals surface area contributed by atoms with Crippen LogP contribution in [-0.4, -0.2) is 10.2 Å². The number of nitrogens with one attached hydrogen (secondary N) is 1. The molecule has 0 aliphatic rings. The molecule has 0 fully saturated rings. The second kappa shape index (κ2) is 5.33. The molecule has 3 rings (SSSR count). The van der Waals surface area contributed by atoms with Crippen molar-refractivity contribution < 1.29 is 4.39 Å². The Balaban J connectivity index is 2.24. The van der Waals surface area contributed by atoms with Crippen molar-refractivity contribution in [3.8, 4) is 22.4 Å². The summed E-state index contributed by atoms with van der Waals surface area (Å²) in [7, 11) is 0. The molecule has 3 aromatic rings. The first-order valence-corrected chi connectivity index (χ1v) is 7.22. The van der Waals surface area contributed by atoms with Gasteiger partial charge in [0.15, 0.2) is 5.82 Å². The van der Waals surface area contributed by atoms with Crippen LogP contribution in [0.1, 0.15) is 5.56 Å². The molecule has 0 bridgehead atoms. The summed E-state index contributed by atoms with van der Waals surface area (Å²) in [6, 6.07) is 12.5. The number of hydrogen-bond donors (Lipinski definition) is 2. The van der Waals surface area contributed by atoms with Crippen LogP contribution >= 0.6 is 15.9 Å². The molecule has 0 aliphatic heterocycles. The van der Waals surface area contributed by atoms with Crippen LogP contribution in [0, 0.1) is 12.7 Å². The van der Waals surface area contributed by atoms with Gasteiger partial charge < -0.3 is 5.73 Å². The summed E-state index contributed by atoms with van der Waals surface area (Å²) in [5.74, 6) is 0.0864. The standard InChI is InChI=1S/C16H13BrFN3/c1-9-3-2-4-10(7-9)14-15(20-21-16(14)19)12-8-11(18)5-6-13(12)17/h2-8H,1H3,(H3,19,20,21). The molecule has 21 heavy (non-hydrogen) atoms. The van der Waals surface area contributed by atoms with Crippen LogP contribution in [0.25, 0.3) is 22.4 Å². The van der Waals surface area contributed by atoms with E-state index in [1.807, 2.05) is 31.2 Å². The van der Waals surface area contributed by atoms with Crippen LogP contribution in [0.15, 0.2) is 46.9 Å². The van der Waals surface area contributed by atoms with Crippen molar-refractivity contribution in [1.29, 1.82) is 0 Å². The van der Waals surface area contributed by atoms with Gasteiger partial charge in [0, 0.05) is 10.0 Å². The number of anilines is 1. The minimum Gasteiger partial charge on any atom is -0.382 e. The minimum atomic E-state index is -0.309. The van der Waals surface area contributed by atoms with Gasteiger partial charge in [-0.2, -0.15) is 5.10 Å². The van der Waals surface area contributed by atoms with Gasteiger partial charge in [-0.05, 0) is 30.7 Å². The largest absolute Gasteiger partial charge is 0.382 e. The molecular formula is C16H13BrFN3. The number of nitrogens with zero attached hydrogens (tertiary/aromatic N) is 1. The number of nitrogen functional groups attached to an aromatic ring is 1. The van der Waals surface area contributed by atoms with Gasteiger partial charge in [-0.25, -0.2) is 4.39 Å². The Kier molecular flexibility index (Phi) is 3.51. The molecule has 1 heterocycles. The molecule has 0 saturated heterocycles. The summed E-state index contributed by atoms with van der Waals surface area (Å²) in [6.45, 7) is 2.01. The summed E-state index contributed by atoms with van der Waals surface area (Å²) >= 11 is 3.44. The lowest BCUT2D eigenvalue weighted by molar-refractivity contribution is 0.628. The Hall–Kier alpha value is -2.14. The van der Waals surface area contributed by atoms with E-state index in [1.54, 1.807) is 6.07 Å². The van der Waals surface area contributed by atoms with E-state index in [1.165, 1.54) is 12.1 Å². The predicted octanol–water partition coefficient (Wildman–Crippen LogP) is 4.54. The van der Waals surface area contributed by atoms with Gasteiger partial charge in [-0.3, -0.25) is 5.10 Å². The fourth-order valence-corrected chi connectivity index (χ4v) is 2.78. The molecule has 0 radical (unpaired) electrons. The lowest BCUT2D eigenvalue weighted by Gasteiger charge is -2.08. The zero-order valence-corrected chi connectivity index (χ0v) is 12.9. The average Bonchev–Trinajstić information content (AvgIpc) is 2.83. The predicted molar refractivity (Wildman–Crippen MR) is 86.3 cm³/mol. The third-order valence-electron chi connectivity index (χ3n) is 3.30.